The molecule has 0 fully saturated rings. The van der Waals surface area contributed by atoms with Gasteiger partial charge in [0.2, 0.25) is 5.91 Å². The van der Waals surface area contributed by atoms with Crippen LogP contribution in [0.5, 0.6) is 0 Å². The highest BCUT2D eigenvalue weighted by Gasteiger charge is 2.17. The minimum atomic E-state index is -0.00972. The van der Waals surface area contributed by atoms with Crippen LogP contribution in [0.15, 0.2) is 59.8 Å². The van der Waals surface area contributed by atoms with Crippen LogP contribution in [0.1, 0.15) is 19.4 Å². The summed E-state index contributed by atoms with van der Waals surface area (Å²) in [4.78, 5) is 12.0. The Morgan fingerprint density at radius 2 is 1.77 bits per heavy atom. The first-order valence-corrected chi connectivity index (χ1v) is 9.53. The van der Waals surface area contributed by atoms with Crippen molar-refractivity contribution in [1.29, 1.82) is 0 Å². The number of nitrogens with one attached hydrogen (secondary N) is 1. The second-order valence-electron chi connectivity index (χ2n) is 6.35. The highest BCUT2D eigenvalue weighted by molar-refractivity contribution is 7.99. The average Bonchev–Trinajstić information content (AvgIpc) is 3.05. The highest BCUT2D eigenvalue weighted by atomic mass is 32.2. The Bertz CT molecular complexity index is 873. The standard InChI is InChI=1S/C20H22N4OS/c1-14(2)21-18(25)13-26-20-23-22-19(16-11-9-15(3)10-12-16)24(20)17-7-5-4-6-8-17/h4-12,14H,13H2,1-3H3,(H,21,25). The first-order valence-electron chi connectivity index (χ1n) is 8.54. The molecule has 3 rings (SSSR count). The third-order valence-electron chi connectivity index (χ3n) is 3.74. The molecule has 1 amide bonds. The molecule has 1 N–H and O–H groups in total. The molecule has 26 heavy (non-hydrogen) atoms. The highest BCUT2D eigenvalue weighted by Crippen LogP contribution is 2.28. The van der Waals surface area contributed by atoms with Crippen LogP contribution in [0.25, 0.3) is 17.1 Å². The largest absolute Gasteiger partial charge is 0.353 e. The van der Waals surface area contributed by atoms with Gasteiger partial charge in [-0.15, -0.1) is 10.2 Å². The molecule has 5 nitrogen and oxygen atoms in total. The topological polar surface area (TPSA) is 59.8 Å². The van der Waals surface area contributed by atoms with Gasteiger partial charge >= 0.3 is 0 Å². The van der Waals surface area contributed by atoms with Gasteiger partial charge in [0, 0.05) is 17.3 Å². The molecule has 0 atom stereocenters. The molecule has 0 unspecified atom stereocenters. The van der Waals surface area contributed by atoms with E-state index in [9.17, 15) is 4.79 Å². The molecule has 0 aliphatic heterocycles. The van der Waals surface area contributed by atoms with Crippen LogP contribution in [0, 0.1) is 6.92 Å². The SMILES string of the molecule is Cc1ccc(-c2nnc(SCC(=O)NC(C)C)n2-c2ccccc2)cc1. The van der Waals surface area contributed by atoms with Crippen LogP contribution in [0.3, 0.4) is 0 Å². The van der Waals surface area contributed by atoms with Crippen LogP contribution in [0.2, 0.25) is 0 Å². The zero-order valence-corrected chi connectivity index (χ0v) is 16.0. The maximum Gasteiger partial charge on any atom is 0.230 e. The lowest BCUT2D eigenvalue weighted by atomic mass is 10.1. The Hall–Kier alpha value is -2.60. The molecule has 1 aromatic heterocycles. The zero-order chi connectivity index (χ0) is 18.5. The number of aromatic nitrogens is 3. The van der Waals surface area contributed by atoms with Crippen LogP contribution >= 0.6 is 11.8 Å². The molecule has 0 spiro atoms. The molecular weight excluding hydrogens is 344 g/mol. The van der Waals surface area contributed by atoms with Gasteiger partial charge in [-0.1, -0.05) is 59.8 Å². The van der Waals surface area contributed by atoms with E-state index in [1.165, 1.54) is 17.3 Å². The summed E-state index contributed by atoms with van der Waals surface area (Å²) in [6.07, 6.45) is 0. The minimum Gasteiger partial charge on any atom is -0.353 e. The van der Waals surface area contributed by atoms with Gasteiger partial charge in [-0.3, -0.25) is 9.36 Å². The van der Waals surface area contributed by atoms with Crippen LogP contribution in [-0.4, -0.2) is 32.5 Å². The van der Waals surface area contributed by atoms with Gasteiger partial charge in [-0.25, -0.2) is 0 Å². The Kier molecular flexibility index (Phi) is 5.73. The van der Waals surface area contributed by atoms with Crippen molar-refractivity contribution in [3.05, 3.63) is 60.2 Å². The Morgan fingerprint density at radius 1 is 1.08 bits per heavy atom. The minimum absolute atomic E-state index is 0.00972. The molecule has 1 heterocycles. The Balaban J connectivity index is 1.95. The van der Waals surface area contributed by atoms with E-state index < -0.39 is 0 Å². The van der Waals surface area contributed by atoms with Gasteiger partial charge in [-0.05, 0) is 32.9 Å². The smallest absolute Gasteiger partial charge is 0.230 e. The van der Waals surface area contributed by atoms with Crippen molar-refractivity contribution in [2.45, 2.75) is 32.0 Å². The summed E-state index contributed by atoms with van der Waals surface area (Å²) in [7, 11) is 0. The van der Waals surface area contributed by atoms with E-state index in [0.29, 0.717) is 10.9 Å². The molecule has 0 bridgehead atoms. The van der Waals surface area contributed by atoms with E-state index >= 15 is 0 Å². The summed E-state index contributed by atoms with van der Waals surface area (Å²) in [6, 6.07) is 18.3. The van der Waals surface area contributed by atoms with E-state index in [4.69, 9.17) is 0 Å². The first kappa shape index (κ1) is 18.2. The number of carbonyl (C=O) groups excluding carboxylic acids is 1. The van der Waals surface area contributed by atoms with Crippen LogP contribution in [-0.2, 0) is 4.79 Å². The summed E-state index contributed by atoms with van der Waals surface area (Å²) < 4.78 is 2.00. The number of hydrogen-bond acceptors (Lipinski definition) is 4. The molecule has 0 saturated heterocycles. The van der Waals surface area contributed by atoms with E-state index in [0.717, 1.165) is 17.1 Å². The fourth-order valence-corrected chi connectivity index (χ4v) is 3.32. The third-order valence-corrected chi connectivity index (χ3v) is 4.67. The molecule has 2 aromatic carbocycles. The number of nitrogens with zero attached hydrogens (tertiary/aromatic N) is 3. The monoisotopic (exact) mass is 366 g/mol. The van der Waals surface area contributed by atoms with E-state index in [-0.39, 0.29) is 11.9 Å². The number of rotatable bonds is 6. The van der Waals surface area contributed by atoms with Gasteiger partial charge in [0.15, 0.2) is 11.0 Å². The molecule has 3 aromatic rings. The number of aryl methyl sites for hydroxylation is 1. The van der Waals surface area contributed by atoms with Gasteiger partial charge in [0.25, 0.3) is 0 Å². The molecule has 6 heteroatoms. The molecular formula is C20H22N4OS. The number of amides is 1. The Labute approximate surface area is 157 Å². The number of para-hydroxylation sites is 1. The van der Waals surface area contributed by atoms with Crippen molar-refractivity contribution in [2.75, 3.05) is 5.75 Å². The quantitative estimate of drug-likeness (QED) is 0.673. The summed E-state index contributed by atoms with van der Waals surface area (Å²) in [5.41, 5.74) is 3.16. The number of thioether (sulfide) groups is 1. The number of carbonyl (C=O) groups is 1. The number of hydrogen-bond donors (Lipinski definition) is 1. The maximum atomic E-state index is 12.0. The van der Waals surface area contributed by atoms with Crippen molar-refractivity contribution < 1.29 is 4.79 Å². The summed E-state index contributed by atoms with van der Waals surface area (Å²) in [6.45, 7) is 5.95. The van der Waals surface area contributed by atoms with Crippen molar-refractivity contribution in [2.24, 2.45) is 0 Å². The maximum absolute atomic E-state index is 12.0. The lowest BCUT2D eigenvalue weighted by Gasteiger charge is -2.11. The zero-order valence-electron chi connectivity index (χ0n) is 15.1. The lowest BCUT2D eigenvalue weighted by Crippen LogP contribution is -2.31. The molecule has 0 aliphatic carbocycles. The fraction of sp³-hybridized carbons (Fsp3) is 0.250. The van der Waals surface area contributed by atoms with Crippen LogP contribution < -0.4 is 5.32 Å². The summed E-state index contributed by atoms with van der Waals surface area (Å²) in [5, 5.41) is 12.3. The van der Waals surface area contributed by atoms with Crippen molar-refractivity contribution in [3.8, 4) is 17.1 Å². The molecule has 0 saturated carbocycles. The van der Waals surface area contributed by atoms with Gasteiger partial charge in [0.05, 0.1) is 5.75 Å². The predicted octanol–water partition coefficient (Wildman–Crippen LogP) is 3.86. The van der Waals surface area contributed by atoms with E-state index in [1.807, 2.05) is 60.9 Å². The molecule has 0 radical (unpaired) electrons. The van der Waals surface area contributed by atoms with Crippen molar-refractivity contribution in [1.82, 2.24) is 20.1 Å². The van der Waals surface area contributed by atoms with Crippen LogP contribution in [0.4, 0.5) is 0 Å². The van der Waals surface area contributed by atoms with Gasteiger partial charge in [-0.2, -0.15) is 0 Å². The lowest BCUT2D eigenvalue weighted by molar-refractivity contribution is -0.119. The van der Waals surface area contributed by atoms with Gasteiger partial charge in [0.1, 0.15) is 0 Å². The first-order chi connectivity index (χ1) is 12.5. The second-order valence-corrected chi connectivity index (χ2v) is 7.30. The van der Waals surface area contributed by atoms with Gasteiger partial charge < -0.3 is 5.32 Å². The Morgan fingerprint density at radius 3 is 2.42 bits per heavy atom. The third kappa shape index (κ3) is 4.32. The second kappa shape index (κ2) is 8.19. The normalized spacial score (nSPS) is 10.9. The average molecular weight is 366 g/mol. The number of benzene rings is 2. The fourth-order valence-electron chi connectivity index (χ4n) is 2.56. The van der Waals surface area contributed by atoms with Crippen molar-refractivity contribution >= 4 is 17.7 Å². The van der Waals surface area contributed by atoms with E-state index in [1.54, 1.807) is 0 Å². The van der Waals surface area contributed by atoms with E-state index in [2.05, 4.69) is 34.6 Å². The summed E-state index contributed by atoms with van der Waals surface area (Å²) >= 11 is 1.39. The molecule has 134 valence electrons. The summed E-state index contributed by atoms with van der Waals surface area (Å²) in [5.74, 6) is 1.06. The molecule has 0 aliphatic rings. The predicted molar refractivity (Wildman–Crippen MR) is 106 cm³/mol. The van der Waals surface area contributed by atoms with Crippen molar-refractivity contribution in [3.63, 3.8) is 0 Å².